The summed E-state index contributed by atoms with van der Waals surface area (Å²) in [6, 6.07) is 3.66. The average Bonchev–Trinajstić information content (AvgIpc) is 2.43. The van der Waals surface area contributed by atoms with E-state index in [2.05, 4.69) is 0 Å². The molecule has 0 aliphatic heterocycles. The van der Waals surface area contributed by atoms with Gasteiger partial charge in [-0.1, -0.05) is 0 Å². The first-order valence-electron chi connectivity index (χ1n) is 6.87. The van der Waals surface area contributed by atoms with Crippen LogP contribution in [-0.4, -0.2) is 33.5 Å². The molecule has 1 aromatic rings. The quantitative estimate of drug-likeness (QED) is 0.831. The minimum Gasteiger partial charge on any atom is -0.493 e. The molecular weight excluding hydrogens is 258 g/mol. The lowest BCUT2D eigenvalue weighted by Gasteiger charge is -2.42. The summed E-state index contributed by atoms with van der Waals surface area (Å²) >= 11 is 0. The van der Waals surface area contributed by atoms with Crippen molar-refractivity contribution in [3.05, 3.63) is 12.1 Å². The summed E-state index contributed by atoms with van der Waals surface area (Å²) in [7, 11) is 4.78. The molecule has 0 spiro atoms. The summed E-state index contributed by atoms with van der Waals surface area (Å²) < 4.78 is 22.1. The van der Waals surface area contributed by atoms with Crippen molar-refractivity contribution in [1.82, 2.24) is 0 Å². The lowest BCUT2D eigenvalue weighted by Crippen LogP contribution is -2.44. The smallest absolute Gasteiger partial charge is 0.203 e. The van der Waals surface area contributed by atoms with Crippen LogP contribution in [0.15, 0.2) is 12.1 Å². The van der Waals surface area contributed by atoms with E-state index in [4.69, 9.17) is 24.7 Å². The van der Waals surface area contributed by atoms with Crippen molar-refractivity contribution in [2.45, 2.75) is 31.3 Å². The second kappa shape index (κ2) is 6.22. The Hall–Kier alpha value is -1.62. The molecule has 0 amide bonds. The van der Waals surface area contributed by atoms with Gasteiger partial charge in [0.25, 0.3) is 0 Å². The van der Waals surface area contributed by atoms with Gasteiger partial charge in [-0.3, -0.25) is 0 Å². The van der Waals surface area contributed by atoms with Crippen LogP contribution in [0.2, 0.25) is 0 Å². The molecule has 0 unspecified atom stereocenters. The largest absolute Gasteiger partial charge is 0.493 e. The van der Waals surface area contributed by atoms with Crippen LogP contribution in [0.3, 0.4) is 0 Å². The van der Waals surface area contributed by atoms with Crippen molar-refractivity contribution in [3.8, 4) is 23.0 Å². The summed E-state index contributed by atoms with van der Waals surface area (Å²) in [5.74, 6) is 2.50. The van der Waals surface area contributed by atoms with Crippen LogP contribution in [0.4, 0.5) is 0 Å². The van der Waals surface area contributed by atoms with Crippen LogP contribution >= 0.6 is 0 Å². The van der Waals surface area contributed by atoms with E-state index in [0.29, 0.717) is 23.8 Å². The number of hydrogen-bond acceptors (Lipinski definition) is 5. The minimum absolute atomic E-state index is 0.126. The van der Waals surface area contributed by atoms with Crippen molar-refractivity contribution in [2.75, 3.05) is 27.9 Å². The van der Waals surface area contributed by atoms with Crippen molar-refractivity contribution in [3.63, 3.8) is 0 Å². The fraction of sp³-hybridized carbons (Fsp3) is 0.600. The molecule has 0 saturated heterocycles. The first-order valence-corrected chi connectivity index (χ1v) is 6.87. The number of nitrogens with two attached hydrogens (primary N) is 1. The molecule has 0 atom stereocenters. The SMILES string of the molecule is COc1cc(OC2(CCN)CCC2)cc(OC)c1OC. The molecule has 112 valence electrons. The molecule has 5 heteroatoms. The molecule has 1 aliphatic rings. The van der Waals surface area contributed by atoms with Crippen molar-refractivity contribution in [1.29, 1.82) is 0 Å². The summed E-state index contributed by atoms with van der Waals surface area (Å²) in [6.07, 6.45) is 4.13. The fourth-order valence-corrected chi connectivity index (χ4v) is 2.60. The fourth-order valence-electron chi connectivity index (χ4n) is 2.60. The van der Waals surface area contributed by atoms with E-state index < -0.39 is 0 Å². The Morgan fingerprint density at radius 1 is 1.05 bits per heavy atom. The summed E-state index contributed by atoms with van der Waals surface area (Å²) in [4.78, 5) is 0. The van der Waals surface area contributed by atoms with E-state index in [-0.39, 0.29) is 5.60 Å². The van der Waals surface area contributed by atoms with Crippen LogP contribution < -0.4 is 24.7 Å². The maximum Gasteiger partial charge on any atom is 0.203 e. The minimum atomic E-state index is -0.126. The van der Waals surface area contributed by atoms with E-state index in [1.165, 1.54) is 6.42 Å². The van der Waals surface area contributed by atoms with Crippen molar-refractivity contribution >= 4 is 0 Å². The number of rotatable bonds is 7. The van der Waals surface area contributed by atoms with Crippen LogP contribution in [0.1, 0.15) is 25.7 Å². The molecular formula is C15H23NO4. The van der Waals surface area contributed by atoms with Gasteiger partial charge in [0.15, 0.2) is 11.5 Å². The third kappa shape index (κ3) is 2.77. The van der Waals surface area contributed by atoms with Gasteiger partial charge >= 0.3 is 0 Å². The third-order valence-corrected chi connectivity index (χ3v) is 3.84. The highest BCUT2D eigenvalue weighted by atomic mass is 16.5. The number of hydrogen-bond donors (Lipinski definition) is 1. The van der Waals surface area contributed by atoms with Crippen LogP contribution in [0.5, 0.6) is 23.0 Å². The van der Waals surface area contributed by atoms with Gasteiger partial charge in [-0.05, 0) is 32.2 Å². The molecule has 1 saturated carbocycles. The molecule has 0 radical (unpaired) electrons. The topological polar surface area (TPSA) is 62.9 Å². The van der Waals surface area contributed by atoms with Crippen molar-refractivity contribution in [2.24, 2.45) is 5.73 Å². The van der Waals surface area contributed by atoms with Gasteiger partial charge < -0.3 is 24.7 Å². The number of benzene rings is 1. The highest BCUT2D eigenvalue weighted by Gasteiger charge is 2.38. The zero-order valence-electron chi connectivity index (χ0n) is 12.4. The Balaban J connectivity index is 2.27. The predicted octanol–water partition coefficient (Wildman–Crippen LogP) is 2.36. The maximum atomic E-state index is 6.17. The van der Waals surface area contributed by atoms with Gasteiger partial charge in [-0.15, -0.1) is 0 Å². The van der Waals surface area contributed by atoms with Gasteiger partial charge in [-0.2, -0.15) is 0 Å². The Bertz CT molecular complexity index is 432. The maximum absolute atomic E-state index is 6.17. The summed E-state index contributed by atoms with van der Waals surface area (Å²) in [6.45, 7) is 0.629. The normalized spacial score (nSPS) is 16.2. The Kier molecular flexibility index (Phi) is 4.60. The molecule has 2 N–H and O–H groups in total. The Morgan fingerprint density at radius 3 is 2.00 bits per heavy atom. The second-order valence-electron chi connectivity index (χ2n) is 5.04. The van der Waals surface area contributed by atoms with Gasteiger partial charge in [0.05, 0.1) is 21.3 Å². The van der Waals surface area contributed by atoms with Crippen LogP contribution in [0.25, 0.3) is 0 Å². The number of methoxy groups -OCH3 is 3. The third-order valence-electron chi connectivity index (χ3n) is 3.84. The lowest BCUT2D eigenvalue weighted by atomic mass is 9.77. The van der Waals surface area contributed by atoms with E-state index >= 15 is 0 Å². The van der Waals surface area contributed by atoms with Crippen LogP contribution in [-0.2, 0) is 0 Å². The molecule has 1 fully saturated rings. The van der Waals surface area contributed by atoms with E-state index in [1.807, 2.05) is 12.1 Å². The van der Waals surface area contributed by atoms with E-state index in [9.17, 15) is 0 Å². The van der Waals surface area contributed by atoms with E-state index in [1.54, 1.807) is 21.3 Å². The summed E-state index contributed by atoms with van der Waals surface area (Å²) in [5, 5.41) is 0. The summed E-state index contributed by atoms with van der Waals surface area (Å²) in [5.41, 5.74) is 5.56. The molecule has 0 heterocycles. The molecule has 1 aliphatic carbocycles. The predicted molar refractivity (Wildman–Crippen MR) is 77.0 cm³/mol. The van der Waals surface area contributed by atoms with Gasteiger partial charge in [-0.25, -0.2) is 0 Å². The van der Waals surface area contributed by atoms with Gasteiger partial charge in [0, 0.05) is 12.1 Å². The van der Waals surface area contributed by atoms with Crippen molar-refractivity contribution < 1.29 is 18.9 Å². The molecule has 0 bridgehead atoms. The molecule has 0 aromatic heterocycles. The Morgan fingerprint density at radius 2 is 1.65 bits per heavy atom. The average molecular weight is 281 g/mol. The Labute approximate surface area is 120 Å². The molecule has 5 nitrogen and oxygen atoms in total. The number of ether oxygens (including phenoxy) is 4. The standard InChI is InChI=1S/C15H23NO4/c1-17-12-9-11(10-13(18-2)14(12)19-3)20-15(7-8-16)5-4-6-15/h9-10H,4-8,16H2,1-3H3. The van der Waals surface area contributed by atoms with Gasteiger partial charge in [0.1, 0.15) is 11.4 Å². The first-order chi connectivity index (χ1) is 9.68. The highest BCUT2D eigenvalue weighted by molar-refractivity contribution is 5.56. The second-order valence-corrected chi connectivity index (χ2v) is 5.04. The zero-order chi connectivity index (χ0) is 14.6. The first kappa shape index (κ1) is 14.8. The monoisotopic (exact) mass is 281 g/mol. The molecule has 20 heavy (non-hydrogen) atoms. The van der Waals surface area contributed by atoms with Crippen LogP contribution in [0, 0.1) is 0 Å². The highest BCUT2D eigenvalue weighted by Crippen LogP contribution is 2.44. The van der Waals surface area contributed by atoms with E-state index in [0.717, 1.165) is 25.0 Å². The molecule has 1 aromatic carbocycles. The van der Waals surface area contributed by atoms with Gasteiger partial charge in [0.2, 0.25) is 5.75 Å². The zero-order valence-corrected chi connectivity index (χ0v) is 12.4. The molecule has 2 rings (SSSR count). The lowest BCUT2D eigenvalue weighted by molar-refractivity contribution is -0.0128.